The third kappa shape index (κ3) is 5.22. The van der Waals surface area contributed by atoms with Gasteiger partial charge in [0.15, 0.2) is 6.29 Å². The molecule has 0 unspecified atom stereocenters. The average molecular weight is 384 g/mol. The Bertz CT molecular complexity index is 415. The number of nitrogens with zero attached hydrogens (tertiary/aromatic N) is 3. The molecule has 0 saturated carbocycles. The minimum absolute atomic E-state index is 0.00204. The number of carbonyl (C=O) groups is 1. The van der Waals surface area contributed by atoms with Crippen molar-refractivity contribution in [2.24, 2.45) is 5.29 Å². The van der Waals surface area contributed by atoms with Gasteiger partial charge in [0, 0.05) is 19.5 Å². The number of nitroso groups, excluding NO2 is 1. The highest BCUT2D eigenvalue weighted by Gasteiger charge is 2.49. The first-order valence-electron chi connectivity index (χ1n) is 8.09. The molecule has 5 atom stereocenters. The van der Waals surface area contributed by atoms with E-state index >= 15 is 0 Å². The molecule has 1 aliphatic rings. The van der Waals surface area contributed by atoms with Crippen molar-refractivity contribution < 1.29 is 29.6 Å². The normalized spacial score (nSPS) is 29.3. The van der Waals surface area contributed by atoms with Gasteiger partial charge >= 0.3 is 6.03 Å². The number of methoxy groups -OCH3 is 1. The van der Waals surface area contributed by atoms with Gasteiger partial charge in [-0.1, -0.05) is 13.3 Å². The van der Waals surface area contributed by atoms with Gasteiger partial charge in [-0.05, 0) is 6.42 Å². The standard InChI is InChI=1S/C14H26ClN3O7/c1-3-4-6-17(14(22)18(16-23)7-5-15)10-11(20)9(8-19)25-13(24-2)12(10)21/h9-13,19-21H,3-8H2,1-2H3/t9-,10-,11-,12-,13+/m1/s1. The van der Waals surface area contributed by atoms with Crippen molar-refractivity contribution in [1.29, 1.82) is 0 Å². The number of aliphatic hydroxyl groups is 3. The van der Waals surface area contributed by atoms with Crippen LogP contribution in [0.5, 0.6) is 0 Å². The number of alkyl halides is 1. The maximum Gasteiger partial charge on any atom is 0.343 e. The van der Waals surface area contributed by atoms with E-state index < -0.39 is 43.3 Å². The molecule has 0 bridgehead atoms. The summed E-state index contributed by atoms with van der Waals surface area (Å²) in [6.07, 6.45) is -3.66. The van der Waals surface area contributed by atoms with Gasteiger partial charge in [0.1, 0.15) is 18.3 Å². The summed E-state index contributed by atoms with van der Waals surface area (Å²) in [6.45, 7) is 1.43. The van der Waals surface area contributed by atoms with Crippen molar-refractivity contribution in [3.8, 4) is 0 Å². The van der Waals surface area contributed by atoms with Crippen molar-refractivity contribution in [3.63, 3.8) is 0 Å². The first kappa shape index (κ1) is 22.0. The lowest BCUT2D eigenvalue weighted by atomic mass is 9.94. The zero-order chi connectivity index (χ0) is 19.0. The highest BCUT2D eigenvalue weighted by molar-refractivity contribution is 6.18. The average Bonchev–Trinajstić information content (AvgIpc) is 2.62. The summed E-state index contributed by atoms with van der Waals surface area (Å²) in [5.74, 6) is -0.00204. The van der Waals surface area contributed by atoms with Gasteiger partial charge in [0.05, 0.1) is 24.5 Å². The van der Waals surface area contributed by atoms with Crippen LogP contribution in [0.25, 0.3) is 0 Å². The summed E-state index contributed by atoms with van der Waals surface area (Å²) in [5, 5.41) is 33.6. The molecule has 146 valence electrons. The van der Waals surface area contributed by atoms with E-state index in [1.165, 1.54) is 7.11 Å². The summed E-state index contributed by atoms with van der Waals surface area (Å²) >= 11 is 5.58. The summed E-state index contributed by atoms with van der Waals surface area (Å²) < 4.78 is 10.3. The molecule has 2 amide bonds. The molecule has 0 aromatic rings. The number of hydrogen-bond donors (Lipinski definition) is 3. The van der Waals surface area contributed by atoms with Crippen LogP contribution in [0.2, 0.25) is 0 Å². The number of urea groups is 1. The van der Waals surface area contributed by atoms with E-state index in [0.717, 1.165) is 11.3 Å². The second-order valence-electron chi connectivity index (χ2n) is 5.66. The van der Waals surface area contributed by atoms with Crippen LogP contribution in [-0.2, 0) is 9.47 Å². The van der Waals surface area contributed by atoms with Gasteiger partial charge < -0.3 is 29.7 Å². The molecule has 1 fully saturated rings. The van der Waals surface area contributed by atoms with Crippen molar-refractivity contribution in [1.82, 2.24) is 9.91 Å². The second kappa shape index (κ2) is 10.8. The quantitative estimate of drug-likeness (QED) is 0.287. The molecule has 0 aromatic carbocycles. The predicted octanol–water partition coefficient (Wildman–Crippen LogP) is -0.115. The molecule has 10 nitrogen and oxygen atoms in total. The molecule has 3 N–H and O–H groups in total. The highest BCUT2D eigenvalue weighted by Crippen LogP contribution is 2.27. The molecule has 1 heterocycles. The Morgan fingerprint density at radius 3 is 2.48 bits per heavy atom. The smallest absolute Gasteiger partial charge is 0.343 e. The van der Waals surface area contributed by atoms with Crippen LogP contribution in [0.3, 0.4) is 0 Å². The van der Waals surface area contributed by atoms with Crippen LogP contribution in [0, 0.1) is 4.91 Å². The number of rotatable bonds is 9. The van der Waals surface area contributed by atoms with Gasteiger partial charge in [-0.15, -0.1) is 16.5 Å². The minimum Gasteiger partial charge on any atom is -0.394 e. The lowest BCUT2D eigenvalue weighted by molar-refractivity contribution is -0.281. The van der Waals surface area contributed by atoms with E-state index in [1.807, 2.05) is 6.92 Å². The first-order valence-corrected chi connectivity index (χ1v) is 8.62. The Hall–Kier alpha value is -1.04. The van der Waals surface area contributed by atoms with Gasteiger partial charge in [-0.3, -0.25) is 0 Å². The topological polar surface area (TPSA) is 132 Å². The first-order chi connectivity index (χ1) is 12.0. The van der Waals surface area contributed by atoms with Crippen LogP contribution in [0.1, 0.15) is 19.8 Å². The van der Waals surface area contributed by atoms with Gasteiger partial charge in [0.25, 0.3) is 0 Å². The number of ether oxygens (including phenoxy) is 2. The maximum absolute atomic E-state index is 12.7. The predicted molar refractivity (Wildman–Crippen MR) is 88.8 cm³/mol. The third-order valence-corrected chi connectivity index (χ3v) is 4.22. The van der Waals surface area contributed by atoms with Crippen LogP contribution in [0.4, 0.5) is 4.79 Å². The fourth-order valence-corrected chi connectivity index (χ4v) is 2.89. The number of unbranched alkanes of at least 4 members (excludes halogenated alkanes) is 1. The summed E-state index contributed by atoms with van der Waals surface area (Å²) in [5.41, 5.74) is 0. The van der Waals surface area contributed by atoms with Gasteiger partial charge in [-0.2, -0.15) is 5.01 Å². The maximum atomic E-state index is 12.7. The summed E-state index contributed by atoms with van der Waals surface area (Å²) in [4.78, 5) is 24.8. The Morgan fingerprint density at radius 2 is 2.00 bits per heavy atom. The summed E-state index contributed by atoms with van der Waals surface area (Å²) in [6, 6.07) is -1.94. The zero-order valence-corrected chi connectivity index (χ0v) is 15.1. The van der Waals surface area contributed by atoms with Crippen LogP contribution >= 0.6 is 11.6 Å². The molecule has 0 spiro atoms. The molecule has 1 rings (SSSR count). The SMILES string of the molecule is CCCCN(C(=O)N(CCCl)N=O)[C@H]1[C@@H](O)[C@@H](OC)O[C@H](CO)[C@H]1O. The van der Waals surface area contributed by atoms with E-state index in [9.17, 15) is 25.0 Å². The van der Waals surface area contributed by atoms with Crippen LogP contribution in [0.15, 0.2) is 5.29 Å². The Kier molecular flexibility index (Phi) is 9.54. The lowest BCUT2D eigenvalue weighted by Crippen LogP contribution is -2.67. The molecule has 1 saturated heterocycles. The number of carbonyl (C=O) groups excluding carboxylic acids is 1. The van der Waals surface area contributed by atoms with E-state index in [2.05, 4.69) is 5.29 Å². The number of halogens is 1. The molecular weight excluding hydrogens is 358 g/mol. The van der Waals surface area contributed by atoms with E-state index in [0.29, 0.717) is 11.4 Å². The van der Waals surface area contributed by atoms with E-state index in [4.69, 9.17) is 21.1 Å². The lowest BCUT2D eigenvalue weighted by Gasteiger charge is -2.46. The van der Waals surface area contributed by atoms with E-state index in [1.54, 1.807) is 0 Å². The molecule has 0 aromatic heterocycles. The molecule has 1 aliphatic heterocycles. The number of amides is 2. The number of hydrogen-bond acceptors (Lipinski definition) is 8. The fourth-order valence-electron chi connectivity index (χ4n) is 2.73. The Labute approximate surface area is 151 Å². The number of aliphatic hydroxyl groups excluding tert-OH is 3. The van der Waals surface area contributed by atoms with Crippen LogP contribution < -0.4 is 0 Å². The summed E-state index contributed by atoms with van der Waals surface area (Å²) in [7, 11) is 1.29. The monoisotopic (exact) mass is 383 g/mol. The molecule has 0 radical (unpaired) electrons. The third-order valence-electron chi connectivity index (χ3n) is 4.05. The van der Waals surface area contributed by atoms with Gasteiger partial charge in [0.2, 0.25) is 0 Å². The Morgan fingerprint density at radius 1 is 1.32 bits per heavy atom. The molecule has 25 heavy (non-hydrogen) atoms. The van der Waals surface area contributed by atoms with E-state index in [-0.39, 0.29) is 19.0 Å². The highest BCUT2D eigenvalue weighted by atomic mass is 35.5. The van der Waals surface area contributed by atoms with Crippen molar-refractivity contribution >= 4 is 17.6 Å². The van der Waals surface area contributed by atoms with Crippen LogP contribution in [-0.4, -0.2) is 94.6 Å². The molecule has 11 heteroatoms. The fraction of sp³-hybridized carbons (Fsp3) is 0.929. The molecular formula is C14H26ClN3O7. The molecule has 0 aliphatic carbocycles. The second-order valence-corrected chi connectivity index (χ2v) is 6.03. The minimum atomic E-state index is -1.38. The van der Waals surface area contributed by atoms with Crippen molar-refractivity contribution in [2.75, 3.05) is 32.7 Å². The van der Waals surface area contributed by atoms with Gasteiger partial charge in [-0.25, -0.2) is 4.79 Å². The van der Waals surface area contributed by atoms with Crippen molar-refractivity contribution in [2.45, 2.75) is 50.4 Å². The zero-order valence-electron chi connectivity index (χ0n) is 14.3. The largest absolute Gasteiger partial charge is 0.394 e. The van der Waals surface area contributed by atoms with Crippen molar-refractivity contribution in [3.05, 3.63) is 4.91 Å². The Balaban J connectivity index is 3.15.